The number of rotatable bonds is 7. The molecule has 0 fully saturated rings. The van der Waals surface area contributed by atoms with Gasteiger partial charge in [-0.2, -0.15) is 5.26 Å². The first-order valence-corrected chi connectivity index (χ1v) is 7.24. The van der Waals surface area contributed by atoms with Crippen molar-refractivity contribution in [1.82, 2.24) is 0 Å². The number of hydrogen-bond donors (Lipinski definition) is 1. The molecule has 116 valence electrons. The topological polar surface area (TPSA) is 70.3 Å². The van der Waals surface area contributed by atoms with E-state index in [4.69, 9.17) is 15.1 Å². The number of hydrogen-bond acceptors (Lipinski definition) is 3. The van der Waals surface area contributed by atoms with Crippen LogP contribution in [0, 0.1) is 11.3 Å². The molecule has 0 aliphatic heterocycles. The lowest BCUT2D eigenvalue weighted by molar-refractivity contribution is -0.132. The van der Waals surface area contributed by atoms with Gasteiger partial charge in [0.25, 0.3) is 0 Å². The van der Waals surface area contributed by atoms with E-state index in [9.17, 15) is 4.79 Å². The molecule has 0 amide bonds. The molecule has 0 heterocycles. The fraction of sp³-hybridized carbons (Fsp3) is 0.158. The van der Waals surface area contributed by atoms with Crippen molar-refractivity contribution in [3.8, 4) is 22.9 Å². The molecule has 0 atom stereocenters. The lowest BCUT2D eigenvalue weighted by Gasteiger charge is -2.07. The van der Waals surface area contributed by atoms with E-state index in [1.807, 2.05) is 36.4 Å². The lowest BCUT2D eigenvalue weighted by Crippen LogP contribution is -2.02. The van der Waals surface area contributed by atoms with Crippen molar-refractivity contribution in [1.29, 1.82) is 5.26 Å². The Labute approximate surface area is 135 Å². The van der Waals surface area contributed by atoms with Gasteiger partial charge in [-0.1, -0.05) is 30.8 Å². The monoisotopic (exact) mass is 307 g/mol. The molecule has 2 aromatic rings. The summed E-state index contributed by atoms with van der Waals surface area (Å²) < 4.78 is 5.59. The van der Waals surface area contributed by atoms with E-state index in [0.29, 0.717) is 25.0 Å². The van der Waals surface area contributed by atoms with Crippen LogP contribution >= 0.6 is 0 Å². The minimum absolute atomic E-state index is 0.199. The van der Waals surface area contributed by atoms with E-state index in [0.717, 1.165) is 16.9 Å². The van der Waals surface area contributed by atoms with Crippen LogP contribution in [0.3, 0.4) is 0 Å². The Morgan fingerprint density at radius 3 is 2.17 bits per heavy atom. The molecule has 0 bridgehead atoms. The predicted octanol–water partition coefficient (Wildman–Crippen LogP) is 4.03. The zero-order valence-electron chi connectivity index (χ0n) is 12.7. The van der Waals surface area contributed by atoms with Crippen molar-refractivity contribution in [2.75, 3.05) is 6.61 Å². The maximum absolute atomic E-state index is 10.6. The molecule has 23 heavy (non-hydrogen) atoms. The van der Waals surface area contributed by atoms with E-state index in [-0.39, 0.29) is 5.57 Å². The molecule has 4 nitrogen and oxygen atoms in total. The fourth-order valence-corrected chi connectivity index (χ4v) is 2.06. The van der Waals surface area contributed by atoms with Crippen LogP contribution in [0.15, 0.2) is 60.7 Å². The molecule has 2 aromatic carbocycles. The smallest absolute Gasteiger partial charge is 0.330 e. The highest BCUT2D eigenvalue weighted by Gasteiger charge is 2.04. The molecule has 0 aliphatic rings. The zero-order chi connectivity index (χ0) is 16.7. The number of nitrogens with zero attached hydrogens (tertiary/aromatic N) is 1. The summed E-state index contributed by atoms with van der Waals surface area (Å²) in [6.07, 6.45) is 1.03. The number of ether oxygens (including phenoxy) is 1. The zero-order valence-corrected chi connectivity index (χ0v) is 12.7. The highest BCUT2D eigenvalue weighted by molar-refractivity contribution is 5.85. The van der Waals surface area contributed by atoms with E-state index < -0.39 is 5.97 Å². The van der Waals surface area contributed by atoms with E-state index in [1.54, 1.807) is 12.1 Å². The standard InChI is InChI=1S/C19H17NO3/c1-14(19(21)22)3-2-12-23-18-10-8-17(9-11-18)16-6-4-15(13-20)5-7-16/h4-11H,1-3,12H2,(H,21,22). The largest absolute Gasteiger partial charge is 0.494 e. The van der Waals surface area contributed by atoms with Crippen LogP contribution in [0.2, 0.25) is 0 Å². The van der Waals surface area contributed by atoms with Crippen LogP contribution in [0.5, 0.6) is 5.75 Å². The first kappa shape index (κ1) is 16.3. The summed E-state index contributed by atoms with van der Waals surface area (Å²) in [4.78, 5) is 10.6. The molecule has 0 saturated carbocycles. The second-order valence-electron chi connectivity index (χ2n) is 5.07. The third kappa shape index (κ3) is 4.72. The van der Waals surface area contributed by atoms with Gasteiger partial charge in [0, 0.05) is 5.57 Å². The van der Waals surface area contributed by atoms with Crippen LogP contribution in [0.4, 0.5) is 0 Å². The number of carboxylic acid groups (broad SMARTS) is 1. The van der Waals surface area contributed by atoms with Gasteiger partial charge in [0.1, 0.15) is 5.75 Å². The minimum atomic E-state index is -0.961. The summed E-state index contributed by atoms with van der Waals surface area (Å²) in [5.41, 5.74) is 2.91. The van der Waals surface area contributed by atoms with Crippen molar-refractivity contribution in [2.45, 2.75) is 12.8 Å². The van der Waals surface area contributed by atoms with Crippen molar-refractivity contribution < 1.29 is 14.6 Å². The highest BCUT2D eigenvalue weighted by atomic mass is 16.5. The van der Waals surface area contributed by atoms with E-state index in [1.165, 1.54) is 0 Å². The van der Waals surface area contributed by atoms with Gasteiger partial charge in [0.2, 0.25) is 0 Å². The van der Waals surface area contributed by atoms with E-state index in [2.05, 4.69) is 12.6 Å². The molecular weight excluding hydrogens is 290 g/mol. The minimum Gasteiger partial charge on any atom is -0.494 e. The summed E-state index contributed by atoms with van der Waals surface area (Å²) >= 11 is 0. The van der Waals surface area contributed by atoms with Crippen LogP contribution < -0.4 is 4.74 Å². The van der Waals surface area contributed by atoms with Gasteiger partial charge in [-0.25, -0.2) is 4.79 Å². The van der Waals surface area contributed by atoms with Crippen LogP contribution in [0.25, 0.3) is 11.1 Å². The van der Waals surface area contributed by atoms with Crippen molar-refractivity contribution in [2.24, 2.45) is 0 Å². The molecule has 0 aromatic heterocycles. The molecule has 1 N–H and O–H groups in total. The third-order valence-electron chi connectivity index (χ3n) is 3.40. The van der Waals surface area contributed by atoms with Crippen LogP contribution in [0.1, 0.15) is 18.4 Å². The fourth-order valence-electron chi connectivity index (χ4n) is 2.06. The second-order valence-corrected chi connectivity index (χ2v) is 5.07. The summed E-state index contributed by atoms with van der Waals surface area (Å²) in [5, 5.41) is 17.5. The Kier molecular flexibility index (Phi) is 5.54. The van der Waals surface area contributed by atoms with Crippen molar-refractivity contribution in [3.63, 3.8) is 0 Å². The van der Waals surface area contributed by atoms with Crippen molar-refractivity contribution >= 4 is 5.97 Å². The number of benzene rings is 2. The van der Waals surface area contributed by atoms with Crippen molar-refractivity contribution in [3.05, 3.63) is 66.2 Å². The number of carbonyl (C=O) groups is 1. The third-order valence-corrected chi connectivity index (χ3v) is 3.40. The molecule has 0 unspecified atom stereocenters. The first-order chi connectivity index (χ1) is 11.1. The molecule has 0 saturated heterocycles. The van der Waals surface area contributed by atoms with Gasteiger partial charge in [-0.3, -0.25) is 0 Å². The van der Waals surface area contributed by atoms with Gasteiger partial charge in [-0.15, -0.1) is 0 Å². The maximum Gasteiger partial charge on any atom is 0.330 e. The Morgan fingerprint density at radius 1 is 1.09 bits per heavy atom. The SMILES string of the molecule is C=C(CCCOc1ccc(-c2ccc(C#N)cc2)cc1)C(=O)O. The first-order valence-electron chi connectivity index (χ1n) is 7.24. The van der Waals surface area contributed by atoms with Crippen LogP contribution in [-0.2, 0) is 4.79 Å². The van der Waals surface area contributed by atoms with Gasteiger partial charge < -0.3 is 9.84 Å². The molecule has 0 radical (unpaired) electrons. The molecule has 4 heteroatoms. The number of nitriles is 1. The summed E-state index contributed by atoms with van der Waals surface area (Å²) in [6, 6.07) is 17.1. The Morgan fingerprint density at radius 2 is 1.65 bits per heavy atom. The summed E-state index contributed by atoms with van der Waals surface area (Å²) in [5.74, 6) is -0.222. The molecule has 0 aliphatic carbocycles. The van der Waals surface area contributed by atoms with Gasteiger partial charge in [0.05, 0.1) is 18.2 Å². The summed E-state index contributed by atoms with van der Waals surface area (Å²) in [6.45, 7) is 3.93. The summed E-state index contributed by atoms with van der Waals surface area (Å²) in [7, 11) is 0. The van der Waals surface area contributed by atoms with Gasteiger partial charge >= 0.3 is 5.97 Å². The normalized spacial score (nSPS) is 9.87. The second kappa shape index (κ2) is 7.81. The Balaban J connectivity index is 1.88. The maximum atomic E-state index is 10.6. The van der Waals surface area contributed by atoms with Crippen LogP contribution in [-0.4, -0.2) is 17.7 Å². The average molecular weight is 307 g/mol. The molecule has 2 rings (SSSR count). The van der Waals surface area contributed by atoms with Gasteiger partial charge in [-0.05, 0) is 48.2 Å². The molecule has 0 spiro atoms. The Bertz CT molecular complexity index is 725. The van der Waals surface area contributed by atoms with Gasteiger partial charge in [0.15, 0.2) is 0 Å². The predicted molar refractivity (Wildman–Crippen MR) is 88.1 cm³/mol. The lowest BCUT2D eigenvalue weighted by atomic mass is 10.0. The number of aliphatic carboxylic acids is 1. The highest BCUT2D eigenvalue weighted by Crippen LogP contribution is 2.23. The average Bonchev–Trinajstić information content (AvgIpc) is 2.59. The molecular formula is C19H17NO3. The van der Waals surface area contributed by atoms with E-state index >= 15 is 0 Å². The Hall–Kier alpha value is -3.06. The number of carboxylic acids is 1. The quantitative estimate of drug-likeness (QED) is 0.619.